The second-order valence-corrected chi connectivity index (χ2v) is 5.49. The number of nitrogens with one attached hydrogen (secondary N) is 4. The smallest absolute Gasteiger partial charge is 0.391 e. The van der Waals surface area contributed by atoms with Crippen LogP contribution in [-0.2, 0) is 6.42 Å². The Morgan fingerprint density at radius 1 is 1.08 bits per heavy atom. The molecule has 0 radical (unpaired) electrons. The Morgan fingerprint density at radius 2 is 1.92 bits per heavy atom. The molecule has 0 aliphatic rings. The second kappa shape index (κ2) is 7.98. The van der Waals surface area contributed by atoms with Gasteiger partial charge in [-0.2, -0.15) is 0 Å². The van der Waals surface area contributed by atoms with Crippen LogP contribution < -0.4 is 26.9 Å². The lowest BCUT2D eigenvalue weighted by molar-refractivity contribution is -0.363. The third-order valence-corrected chi connectivity index (χ3v) is 3.64. The third kappa shape index (κ3) is 4.58. The Bertz CT molecular complexity index is 825. The molecular weight excluding hydrogens is 316 g/mol. The molecule has 3 aromatic rings. The van der Waals surface area contributed by atoms with E-state index in [1.807, 2.05) is 42.5 Å². The number of phenols is 1. The highest BCUT2D eigenvalue weighted by Crippen LogP contribution is 2.21. The van der Waals surface area contributed by atoms with Crippen LogP contribution in [0.1, 0.15) is 5.56 Å². The van der Waals surface area contributed by atoms with Crippen LogP contribution in [0.4, 0.5) is 23.1 Å². The Hall–Kier alpha value is -3.32. The molecule has 0 unspecified atom stereocenters. The molecule has 0 aliphatic heterocycles. The molecule has 1 aromatic heterocycles. The molecule has 0 atom stereocenters. The lowest BCUT2D eigenvalue weighted by Gasteiger charge is -2.08. The van der Waals surface area contributed by atoms with Crippen LogP contribution in [0.15, 0.2) is 60.8 Å². The third-order valence-electron chi connectivity index (χ3n) is 3.64. The van der Waals surface area contributed by atoms with E-state index < -0.39 is 0 Å². The number of nitrogens with two attached hydrogens (primary N) is 1. The molecular formula is C18H21N6O+. The SMILES string of the molecule is NNc1c[nH+]c(NCCc2cccc(O)c2)nc1Nc1ccccc1. The number of para-hydroxylation sites is 1. The maximum absolute atomic E-state index is 9.50. The summed E-state index contributed by atoms with van der Waals surface area (Å²) in [6.07, 6.45) is 2.51. The van der Waals surface area contributed by atoms with Crippen molar-refractivity contribution in [3.8, 4) is 5.75 Å². The highest BCUT2D eigenvalue weighted by atomic mass is 16.3. The molecule has 25 heavy (non-hydrogen) atoms. The van der Waals surface area contributed by atoms with E-state index in [2.05, 4.69) is 26.0 Å². The average molecular weight is 337 g/mol. The zero-order valence-corrected chi connectivity index (χ0v) is 13.7. The van der Waals surface area contributed by atoms with Gasteiger partial charge in [-0.15, -0.1) is 0 Å². The summed E-state index contributed by atoms with van der Waals surface area (Å²) < 4.78 is 0. The molecule has 0 spiro atoms. The Labute approximate surface area is 145 Å². The number of nitrogens with zero attached hydrogens (tertiary/aromatic N) is 1. The predicted molar refractivity (Wildman–Crippen MR) is 98.6 cm³/mol. The standard InChI is InChI=1S/C18H20N6O/c19-24-16-12-21-18(20-10-9-13-5-4-8-15(25)11-13)23-17(16)22-14-6-2-1-3-7-14/h1-8,11-12,24-25H,9-10,19H2,(H2,20,21,22,23)/p+1. The summed E-state index contributed by atoms with van der Waals surface area (Å²) in [6, 6.07) is 17.0. The molecule has 0 amide bonds. The van der Waals surface area contributed by atoms with Crippen molar-refractivity contribution < 1.29 is 10.1 Å². The van der Waals surface area contributed by atoms with Gasteiger partial charge in [-0.05, 0) is 29.8 Å². The molecule has 1 heterocycles. The van der Waals surface area contributed by atoms with Crippen LogP contribution >= 0.6 is 0 Å². The monoisotopic (exact) mass is 337 g/mol. The number of aromatic amines is 1. The number of hydrogen-bond donors (Lipinski definition) is 5. The highest BCUT2D eigenvalue weighted by molar-refractivity contribution is 5.69. The first kappa shape index (κ1) is 16.5. The first-order valence-corrected chi connectivity index (χ1v) is 7.98. The van der Waals surface area contributed by atoms with E-state index in [4.69, 9.17) is 5.84 Å². The Kier molecular flexibility index (Phi) is 5.28. The van der Waals surface area contributed by atoms with Gasteiger partial charge in [-0.25, -0.2) is 4.98 Å². The van der Waals surface area contributed by atoms with E-state index in [1.165, 1.54) is 0 Å². The number of benzene rings is 2. The van der Waals surface area contributed by atoms with E-state index in [9.17, 15) is 5.11 Å². The van der Waals surface area contributed by atoms with E-state index in [-0.39, 0.29) is 5.75 Å². The van der Waals surface area contributed by atoms with Crippen molar-refractivity contribution in [2.75, 3.05) is 22.6 Å². The van der Waals surface area contributed by atoms with Crippen molar-refractivity contribution in [1.29, 1.82) is 0 Å². The second-order valence-electron chi connectivity index (χ2n) is 5.49. The fourth-order valence-electron chi connectivity index (χ4n) is 2.40. The van der Waals surface area contributed by atoms with Crippen LogP contribution in [-0.4, -0.2) is 16.6 Å². The van der Waals surface area contributed by atoms with E-state index in [0.29, 0.717) is 24.0 Å². The molecule has 0 saturated heterocycles. The molecule has 0 fully saturated rings. The van der Waals surface area contributed by atoms with Crippen molar-refractivity contribution in [2.45, 2.75) is 6.42 Å². The van der Waals surface area contributed by atoms with Gasteiger partial charge in [0.2, 0.25) is 5.82 Å². The molecule has 0 saturated carbocycles. The maximum Gasteiger partial charge on any atom is 0.391 e. The molecule has 128 valence electrons. The molecule has 0 bridgehead atoms. The molecule has 7 N–H and O–H groups in total. The van der Waals surface area contributed by atoms with Gasteiger partial charge in [-0.1, -0.05) is 35.3 Å². The van der Waals surface area contributed by atoms with Gasteiger partial charge in [0.25, 0.3) is 0 Å². The summed E-state index contributed by atoms with van der Waals surface area (Å²) in [7, 11) is 0. The Balaban J connectivity index is 1.66. The Morgan fingerprint density at radius 3 is 2.68 bits per heavy atom. The number of phenolic OH excluding ortho intramolecular Hbond substituents is 1. The summed E-state index contributed by atoms with van der Waals surface area (Å²) in [6.45, 7) is 0.674. The first-order valence-electron chi connectivity index (χ1n) is 7.98. The van der Waals surface area contributed by atoms with Crippen molar-refractivity contribution in [1.82, 2.24) is 4.98 Å². The van der Waals surface area contributed by atoms with Crippen molar-refractivity contribution in [3.63, 3.8) is 0 Å². The fraction of sp³-hybridized carbons (Fsp3) is 0.111. The van der Waals surface area contributed by atoms with Crippen LogP contribution in [0.2, 0.25) is 0 Å². The quantitative estimate of drug-likeness (QED) is 0.334. The maximum atomic E-state index is 9.50. The average Bonchev–Trinajstić information content (AvgIpc) is 2.63. The number of hydrazine groups is 1. The molecule has 0 aliphatic carbocycles. The minimum atomic E-state index is 0.273. The first-order chi connectivity index (χ1) is 12.2. The van der Waals surface area contributed by atoms with Crippen LogP contribution in [0.25, 0.3) is 0 Å². The number of H-pyrrole nitrogens is 1. The zero-order valence-electron chi connectivity index (χ0n) is 13.7. The van der Waals surface area contributed by atoms with Crippen LogP contribution in [0.5, 0.6) is 5.75 Å². The van der Waals surface area contributed by atoms with E-state index in [0.717, 1.165) is 17.7 Å². The van der Waals surface area contributed by atoms with Gasteiger partial charge in [0.05, 0.1) is 12.7 Å². The predicted octanol–water partition coefficient (Wildman–Crippen LogP) is 2.29. The van der Waals surface area contributed by atoms with Gasteiger partial charge in [0.1, 0.15) is 11.4 Å². The van der Waals surface area contributed by atoms with Gasteiger partial charge in [-0.3, -0.25) is 11.2 Å². The van der Waals surface area contributed by atoms with E-state index >= 15 is 0 Å². The molecule has 7 heteroatoms. The minimum absolute atomic E-state index is 0.273. The zero-order chi connectivity index (χ0) is 17.5. The summed E-state index contributed by atoms with van der Waals surface area (Å²) in [4.78, 5) is 7.58. The summed E-state index contributed by atoms with van der Waals surface area (Å²) in [5.41, 5.74) is 5.25. The highest BCUT2D eigenvalue weighted by Gasteiger charge is 2.13. The van der Waals surface area contributed by atoms with Gasteiger partial charge in [0.15, 0.2) is 0 Å². The number of aromatic hydroxyl groups is 1. The van der Waals surface area contributed by atoms with E-state index in [1.54, 1.807) is 18.3 Å². The van der Waals surface area contributed by atoms with Crippen LogP contribution in [0.3, 0.4) is 0 Å². The lowest BCUT2D eigenvalue weighted by atomic mass is 10.1. The van der Waals surface area contributed by atoms with Gasteiger partial charge in [0, 0.05) is 12.1 Å². The van der Waals surface area contributed by atoms with Gasteiger partial charge >= 0.3 is 5.95 Å². The minimum Gasteiger partial charge on any atom is -0.508 e. The normalized spacial score (nSPS) is 10.3. The topological polar surface area (TPSA) is 109 Å². The van der Waals surface area contributed by atoms with Crippen molar-refractivity contribution in [3.05, 3.63) is 66.4 Å². The number of rotatable bonds is 7. The van der Waals surface area contributed by atoms with Crippen molar-refractivity contribution in [2.24, 2.45) is 5.84 Å². The lowest BCUT2D eigenvalue weighted by Crippen LogP contribution is -2.21. The number of nitrogen functional groups attached to an aromatic ring is 1. The fourth-order valence-corrected chi connectivity index (χ4v) is 2.40. The number of aromatic nitrogens is 2. The molecule has 3 rings (SSSR count). The summed E-state index contributed by atoms with van der Waals surface area (Å²) in [5.74, 6) is 7.06. The summed E-state index contributed by atoms with van der Waals surface area (Å²) in [5, 5.41) is 16.0. The van der Waals surface area contributed by atoms with Gasteiger partial charge < -0.3 is 15.8 Å². The number of hydrogen-bond acceptors (Lipinski definition) is 6. The number of anilines is 4. The largest absolute Gasteiger partial charge is 0.508 e. The van der Waals surface area contributed by atoms with Crippen molar-refractivity contribution >= 4 is 23.1 Å². The molecule has 2 aromatic carbocycles. The van der Waals surface area contributed by atoms with Crippen LogP contribution in [0, 0.1) is 0 Å². The summed E-state index contributed by atoms with van der Waals surface area (Å²) >= 11 is 0. The molecule has 7 nitrogen and oxygen atoms in total.